The number of ether oxygens (including phenoxy) is 3. The van der Waals surface area contributed by atoms with Gasteiger partial charge in [-0.05, 0) is 47.7 Å². The van der Waals surface area contributed by atoms with Crippen LogP contribution in [0.3, 0.4) is 0 Å². The Morgan fingerprint density at radius 1 is 1.14 bits per heavy atom. The van der Waals surface area contributed by atoms with Crippen LogP contribution in [0.2, 0.25) is 18.1 Å². The number of hydrogen-bond acceptors (Lipinski definition) is 5. The second-order valence-corrected chi connectivity index (χ2v) is 14.3. The van der Waals surface area contributed by atoms with E-state index in [1.165, 1.54) is 5.56 Å². The standard InChI is InChI=1S/C23H34O5Si/c1-23(2,3)29(6,7)28-22-16-9-8-10-20(26-5)17(16)11-15-12-19(24)18(21(15)22)13-27-14-25-4/h8-10,15,22H,11-14H2,1-7H3/t15?,22-/m1/s1. The average molecular weight is 419 g/mol. The summed E-state index contributed by atoms with van der Waals surface area (Å²) in [7, 11) is 1.20. The SMILES string of the molecule is COCOCC1=C2C(CC1=O)Cc1c(OC)cccc1[C@H]2O[Si](C)(C)C(C)(C)C. The van der Waals surface area contributed by atoms with Gasteiger partial charge >= 0.3 is 0 Å². The highest BCUT2D eigenvalue weighted by Crippen LogP contribution is 2.52. The summed E-state index contributed by atoms with van der Waals surface area (Å²) < 4.78 is 23.2. The summed E-state index contributed by atoms with van der Waals surface area (Å²) in [4.78, 5) is 12.9. The second-order valence-electron chi connectivity index (χ2n) is 9.50. The molecule has 2 aliphatic rings. The van der Waals surface area contributed by atoms with Crippen LogP contribution in [0.5, 0.6) is 5.75 Å². The number of fused-ring (bicyclic) bond motifs is 2. The van der Waals surface area contributed by atoms with Crippen LogP contribution in [0.1, 0.15) is 44.4 Å². The molecule has 5 nitrogen and oxygen atoms in total. The molecule has 0 spiro atoms. The Bertz CT molecular complexity index is 806. The quantitative estimate of drug-likeness (QED) is 0.361. The van der Waals surface area contributed by atoms with E-state index in [9.17, 15) is 4.79 Å². The van der Waals surface area contributed by atoms with Crippen molar-refractivity contribution in [3.05, 3.63) is 40.5 Å². The van der Waals surface area contributed by atoms with Crippen molar-refractivity contribution in [3.8, 4) is 5.75 Å². The summed E-state index contributed by atoms with van der Waals surface area (Å²) in [6, 6.07) is 6.13. The molecule has 3 rings (SSSR count). The molecule has 160 valence electrons. The Morgan fingerprint density at radius 2 is 1.86 bits per heavy atom. The normalized spacial score (nSPS) is 22.0. The van der Waals surface area contributed by atoms with Crippen molar-refractivity contribution in [2.75, 3.05) is 27.6 Å². The first-order valence-electron chi connectivity index (χ1n) is 10.3. The molecule has 1 unspecified atom stereocenters. The fourth-order valence-corrected chi connectivity index (χ4v) is 5.26. The first kappa shape index (κ1) is 22.2. The lowest BCUT2D eigenvalue weighted by atomic mass is 9.78. The zero-order chi connectivity index (χ0) is 21.4. The van der Waals surface area contributed by atoms with Crippen molar-refractivity contribution < 1.29 is 23.4 Å². The number of hydrogen-bond donors (Lipinski definition) is 0. The van der Waals surface area contributed by atoms with Gasteiger partial charge in [-0.25, -0.2) is 0 Å². The Labute approximate surface area is 175 Å². The van der Waals surface area contributed by atoms with Gasteiger partial charge in [-0.15, -0.1) is 0 Å². The maximum atomic E-state index is 12.9. The Kier molecular flexibility index (Phi) is 6.39. The maximum absolute atomic E-state index is 12.9. The van der Waals surface area contributed by atoms with E-state index in [0.717, 1.165) is 28.9 Å². The van der Waals surface area contributed by atoms with Crippen LogP contribution in [-0.4, -0.2) is 41.7 Å². The van der Waals surface area contributed by atoms with E-state index in [0.29, 0.717) is 6.42 Å². The molecule has 0 heterocycles. The van der Waals surface area contributed by atoms with Crippen LogP contribution in [-0.2, 0) is 25.1 Å². The van der Waals surface area contributed by atoms with Gasteiger partial charge in [0, 0.05) is 24.7 Å². The number of methoxy groups -OCH3 is 2. The summed E-state index contributed by atoms with van der Waals surface area (Å²) in [6.45, 7) is 11.7. The fourth-order valence-electron chi connectivity index (χ4n) is 4.06. The summed E-state index contributed by atoms with van der Waals surface area (Å²) in [5, 5.41) is 0.0643. The number of rotatable bonds is 7. The maximum Gasteiger partial charge on any atom is 0.193 e. The van der Waals surface area contributed by atoms with Gasteiger partial charge in [0.05, 0.1) is 19.8 Å². The molecule has 0 fully saturated rings. The van der Waals surface area contributed by atoms with Gasteiger partial charge in [0.2, 0.25) is 0 Å². The third-order valence-electron chi connectivity index (χ3n) is 6.63. The van der Waals surface area contributed by atoms with Crippen LogP contribution in [0.25, 0.3) is 0 Å². The summed E-state index contributed by atoms with van der Waals surface area (Å²) in [5.74, 6) is 1.18. The van der Waals surface area contributed by atoms with Crippen molar-refractivity contribution in [1.82, 2.24) is 0 Å². The molecule has 0 radical (unpaired) electrons. The van der Waals surface area contributed by atoms with E-state index in [2.05, 4.69) is 39.9 Å². The number of carbonyl (C=O) groups is 1. The summed E-state index contributed by atoms with van der Waals surface area (Å²) >= 11 is 0. The first-order chi connectivity index (χ1) is 13.6. The van der Waals surface area contributed by atoms with Gasteiger partial charge in [-0.1, -0.05) is 32.9 Å². The molecule has 2 atom stereocenters. The molecular weight excluding hydrogens is 384 g/mol. The molecule has 0 saturated heterocycles. The van der Waals surface area contributed by atoms with Crippen molar-refractivity contribution in [2.45, 2.75) is 57.8 Å². The highest BCUT2D eigenvalue weighted by atomic mass is 28.4. The topological polar surface area (TPSA) is 54.0 Å². The summed E-state index contributed by atoms with van der Waals surface area (Å²) in [5.41, 5.74) is 4.17. The van der Waals surface area contributed by atoms with Crippen molar-refractivity contribution >= 4 is 14.1 Å². The van der Waals surface area contributed by atoms with E-state index in [1.807, 2.05) is 12.1 Å². The molecule has 0 N–H and O–H groups in total. The number of Topliss-reactive ketones (excluding diaryl/α,β-unsaturated/α-hetero) is 1. The minimum absolute atomic E-state index is 0.0643. The molecule has 2 aliphatic carbocycles. The van der Waals surface area contributed by atoms with E-state index in [1.54, 1.807) is 14.2 Å². The highest BCUT2D eigenvalue weighted by Gasteiger charge is 2.47. The van der Waals surface area contributed by atoms with Crippen LogP contribution >= 0.6 is 0 Å². The van der Waals surface area contributed by atoms with Crippen LogP contribution in [0.4, 0.5) is 0 Å². The predicted octanol–water partition coefficient (Wildman–Crippen LogP) is 4.82. The predicted molar refractivity (Wildman–Crippen MR) is 116 cm³/mol. The van der Waals surface area contributed by atoms with Gasteiger partial charge in [0.1, 0.15) is 12.5 Å². The molecule has 6 heteroatoms. The van der Waals surface area contributed by atoms with Crippen molar-refractivity contribution in [3.63, 3.8) is 0 Å². The monoisotopic (exact) mass is 418 g/mol. The van der Waals surface area contributed by atoms with Gasteiger partial charge in [0.25, 0.3) is 0 Å². The van der Waals surface area contributed by atoms with Crippen molar-refractivity contribution in [2.24, 2.45) is 5.92 Å². The van der Waals surface area contributed by atoms with E-state index < -0.39 is 8.32 Å². The highest BCUT2D eigenvalue weighted by molar-refractivity contribution is 6.74. The summed E-state index contributed by atoms with van der Waals surface area (Å²) in [6.07, 6.45) is 1.08. The zero-order valence-electron chi connectivity index (χ0n) is 18.8. The third kappa shape index (κ3) is 4.22. The van der Waals surface area contributed by atoms with Gasteiger partial charge in [0.15, 0.2) is 14.1 Å². The van der Waals surface area contributed by atoms with Crippen molar-refractivity contribution in [1.29, 1.82) is 0 Å². The smallest absolute Gasteiger partial charge is 0.193 e. The fraction of sp³-hybridized carbons (Fsp3) is 0.609. The van der Waals surface area contributed by atoms with Crippen LogP contribution in [0.15, 0.2) is 29.3 Å². The van der Waals surface area contributed by atoms with Gasteiger partial charge in [-0.3, -0.25) is 4.79 Å². The Balaban J connectivity index is 2.11. The minimum Gasteiger partial charge on any atom is -0.496 e. The number of benzene rings is 1. The molecule has 0 saturated carbocycles. The molecule has 1 aromatic rings. The largest absolute Gasteiger partial charge is 0.496 e. The van der Waals surface area contributed by atoms with Gasteiger partial charge in [-0.2, -0.15) is 0 Å². The van der Waals surface area contributed by atoms with Crippen LogP contribution < -0.4 is 4.74 Å². The lowest BCUT2D eigenvalue weighted by Gasteiger charge is -2.43. The lowest BCUT2D eigenvalue weighted by molar-refractivity contribution is -0.116. The molecular formula is C23H34O5Si. The Hall–Kier alpha value is -1.47. The minimum atomic E-state index is -2.09. The second kappa shape index (κ2) is 8.34. The van der Waals surface area contributed by atoms with Crippen LogP contribution in [0, 0.1) is 5.92 Å². The molecule has 29 heavy (non-hydrogen) atoms. The number of ketones is 1. The number of carbonyl (C=O) groups excluding carboxylic acids is 1. The average Bonchev–Trinajstić information content (AvgIpc) is 2.95. The third-order valence-corrected chi connectivity index (χ3v) is 11.1. The molecule has 0 aliphatic heterocycles. The molecule has 1 aromatic carbocycles. The zero-order valence-corrected chi connectivity index (χ0v) is 19.8. The van der Waals surface area contributed by atoms with E-state index >= 15 is 0 Å². The van der Waals surface area contributed by atoms with Gasteiger partial charge < -0.3 is 18.6 Å². The first-order valence-corrected chi connectivity index (χ1v) is 13.2. The van der Waals surface area contributed by atoms with E-state index in [-0.39, 0.29) is 36.2 Å². The lowest BCUT2D eigenvalue weighted by Crippen LogP contribution is -2.43. The molecule has 0 amide bonds. The molecule has 0 aromatic heterocycles. The van der Waals surface area contributed by atoms with E-state index in [4.69, 9.17) is 18.6 Å². The molecule has 0 bridgehead atoms. The Morgan fingerprint density at radius 3 is 2.48 bits per heavy atom.